The van der Waals surface area contributed by atoms with E-state index in [2.05, 4.69) is 20.4 Å². The number of hydrogen-bond donors (Lipinski definition) is 1. The average molecular weight is 514 g/mol. The Hall–Kier alpha value is -3.17. The van der Waals surface area contributed by atoms with Gasteiger partial charge in [0.25, 0.3) is 5.78 Å². The third-order valence-corrected chi connectivity index (χ3v) is 7.29. The van der Waals surface area contributed by atoms with Crippen molar-refractivity contribution in [1.82, 2.24) is 19.6 Å². The van der Waals surface area contributed by atoms with E-state index in [1.807, 2.05) is 32.9 Å². The number of fused-ring (bicyclic) bond motifs is 1. The molecule has 0 saturated carbocycles. The quantitative estimate of drug-likeness (QED) is 0.307. The summed E-state index contributed by atoms with van der Waals surface area (Å²) in [7, 11) is 1.56. The largest absolute Gasteiger partial charge is 0.495 e. The fraction of sp³-hybridized carbons (Fsp3) is 0.280. The van der Waals surface area contributed by atoms with Gasteiger partial charge in [-0.3, -0.25) is 4.79 Å². The summed E-state index contributed by atoms with van der Waals surface area (Å²) in [6, 6.07) is 11.9. The Morgan fingerprint density at radius 1 is 1.17 bits per heavy atom. The lowest BCUT2D eigenvalue weighted by atomic mass is 10.0. The van der Waals surface area contributed by atoms with Crippen molar-refractivity contribution in [2.45, 2.75) is 44.0 Å². The van der Waals surface area contributed by atoms with Crippen LogP contribution in [0, 0.1) is 19.7 Å². The summed E-state index contributed by atoms with van der Waals surface area (Å²) in [5.74, 6) is 0.477. The molecular weight excluding hydrogens is 489 g/mol. The minimum Gasteiger partial charge on any atom is -0.495 e. The van der Waals surface area contributed by atoms with Crippen LogP contribution in [0.4, 0.5) is 10.1 Å². The van der Waals surface area contributed by atoms with E-state index in [4.69, 9.17) is 16.3 Å². The monoisotopic (exact) mass is 513 g/mol. The van der Waals surface area contributed by atoms with E-state index >= 15 is 0 Å². The van der Waals surface area contributed by atoms with Gasteiger partial charge in [-0.15, -0.1) is 5.10 Å². The lowest BCUT2D eigenvalue weighted by molar-refractivity contribution is -0.115. The SMILES string of the molecule is CCC(Sc1nc2nc(C)c(Cc3c(F)cccc3Cl)c(C)n2n1)C(=O)Nc1ccccc1OC. The normalized spacial score (nSPS) is 12.1. The summed E-state index contributed by atoms with van der Waals surface area (Å²) >= 11 is 7.51. The first kappa shape index (κ1) is 24.9. The van der Waals surface area contributed by atoms with Gasteiger partial charge in [0, 0.05) is 28.4 Å². The first-order valence-electron chi connectivity index (χ1n) is 11.1. The van der Waals surface area contributed by atoms with Crippen LogP contribution in [-0.4, -0.2) is 37.8 Å². The molecule has 0 fully saturated rings. The van der Waals surface area contributed by atoms with Crippen molar-refractivity contribution >= 4 is 40.7 Å². The van der Waals surface area contributed by atoms with Crippen LogP contribution < -0.4 is 10.1 Å². The van der Waals surface area contributed by atoms with E-state index in [0.29, 0.717) is 39.4 Å². The molecule has 0 saturated heterocycles. The number of ether oxygens (including phenoxy) is 1. The summed E-state index contributed by atoms with van der Waals surface area (Å²) < 4.78 is 21.3. The maximum atomic E-state index is 14.4. The van der Waals surface area contributed by atoms with Crippen LogP contribution in [0.15, 0.2) is 47.6 Å². The third kappa shape index (κ3) is 5.26. The molecule has 4 rings (SSSR count). The van der Waals surface area contributed by atoms with Gasteiger partial charge < -0.3 is 10.1 Å². The van der Waals surface area contributed by atoms with Crippen LogP contribution in [-0.2, 0) is 11.2 Å². The van der Waals surface area contributed by atoms with Gasteiger partial charge in [-0.25, -0.2) is 13.9 Å². The molecule has 10 heteroatoms. The van der Waals surface area contributed by atoms with Crippen LogP contribution in [0.3, 0.4) is 0 Å². The smallest absolute Gasteiger partial charge is 0.253 e. The number of anilines is 1. The van der Waals surface area contributed by atoms with Crippen molar-refractivity contribution in [2.24, 2.45) is 0 Å². The Balaban J connectivity index is 1.59. The van der Waals surface area contributed by atoms with E-state index in [0.717, 1.165) is 17.0 Å². The summed E-state index contributed by atoms with van der Waals surface area (Å²) in [6.45, 7) is 5.67. The van der Waals surface area contributed by atoms with E-state index < -0.39 is 5.25 Å². The van der Waals surface area contributed by atoms with Crippen LogP contribution in [0.2, 0.25) is 5.02 Å². The molecule has 1 amide bonds. The number of benzene rings is 2. The number of aromatic nitrogens is 4. The fourth-order valence-electron chi connectivity index (χ4n) is 3.78. The third-order valence-electron chi connectivity index (χ3n) is 5.72. The molecule has 2 heterocycles. The van der Waals surface area contributed by atoms with E-state index in [1.165, 1.54) is 17.8 Å². The predicted octanol–water partition coefficient (Wildman–Crippen LogP) is 5.64. The standard InChI is InChI=1S/C25H25ClFN5O2S/c1-5-22(23(33)29-20-11-6-7-12-21(20)34-4)35-25-30-24-28-14(2)16(15(3)32(24)31-25)13-17-18(26)9-8-10-19(17)27/h6-12,22H,5,13H2,1-4H3,(H,29,33). The van der Waals surface area contributed by atoms with E-state index in [9.17, 15) is 9.18 Å². The highest BCUT2D eigenvalue weighted by molar-refractivity contribution is 8.00. The number of aryl methyl sites for hydroxylation is 2. The second-order valence-corrected chi connectivity index (χ2v) is 9.53. The Kier molecular flexibility index (Phi) is 7.57. The minimum atomic E-state index is -0.421. The Morgan fingerprint density at radius 3 is 2.66 bits per heavy atom. The summed E-state index contributed by atoms with van der Waals surface area (Å²) in [6.07, 6.45) is 0.858. The molecule has 0 spiro atoms. The lowest BCUT2D eigenvalue weighted by Crippen LogP contribution is -2.25. The van der Waals surface area contributed by atoms with E-state index in [1.54, 1.807) is 35.9 Å². The first-order valence-corrected chi connectivity index (χ1v) is 12.3. The molecule has 0 aliphatic rings. The predicted molar refractivity (Wildman–Crippen MR) is 136 cm³/mol. The minimum absolute atomic E-state index is 0.170. The number of amides is 1. The number of thioether (sulfide) groups is 1. The molecule has 0 aliphatic carbocycles. The topological polar surface area (TPSA) is 81.4 Å². The number of nitrogens with zero attached hydrogens (tertiary/aromatic N) is 4. The number of methoxy groups -OCH3 is 1. The number of para-hydroxylation sites is 2. The van der Waals surface area contributed by atoms with Crippen molar-refractivity contribution < 1.29 is 13.9 Å². The molecule has 0 bridgehead atoms. The van der Waals surface area contributed by atoms with Gasteiger partial charge in [-0.1, -0.05) is 48.5 Å². The van der Waals surface area contributed by atoms with Crippen molar-refractivity contribution in [2.75, 3.05) is 12.4 Å². The van der Waals surface area contributed by atoms with Crippen molar-refractivity contribution in [3.63, 3.8) is 0 Å². The van der Waals surface area contributed by atoms with Gasteiger partial charge in [0.2, 0.25) is 11.1 Å². The Morgan fingerprint density at radius 2 is 1.94 bits per heavy atom. The summed E-state index contributed by atoms with van der Waals surface area (Å²) in [5, 5.41) is 7.89. The van der Waals surface area contributed by atoms with E-state index in [-0.39, 0.29) is 18.1 Å². The number of carbonyl (C=O) groups is 1. The zero-order chi connectivity index (χ0) is 25.1. The Bertz CT molecular complexity index is 1370. The fourth-order valence-corrected chi connectivity index (χ4v) is 4.86. The molecular formula is C25H25ClFN5O2S. The lowest BCUT2D eigenvalue weighted by Gasteiger charge is -2.14. The van der Waals surface area contributed by atoms with Gasteiger partial charge in [0.1, 0.15) is 11.6 Å². The second-order valence-electron chi connectivity index (χ2n) is 7.95. The molecule has 1 unspecified atom stereocenters. The summed E-state index contributed by atoms with van der Waals surface area (Å²) in [4.78, 5) is 22.1. The highest BCUT2D eigenvalue weighted by atomic mass is 35.5. The van der Waals surface area contributed by atoms with Crippen molar-refractivity contribution in [3.8, 4) is 5.75 Å². The zero-order valence-corrected chi connectivity index (χ0v) is 21.4. The highest BCUT2D eigenvalue weighted by Crippen LogP contribution is 2.29. The molecule has 7 nitrogen and oxygen atoms in total. The number of carbonyl (C=O) groups excluding carboxylic acids is 1. The number of rotatable bonds is 8. The average Bonchev–Trinajstić information content (AvgIpc) is 3.24. The van der Waals surface area contributed by atoms with Crippen LogP contribution in [0.1, 0.15) is 35.9 Å². The van der Waals surface area contributed by atoms with Gasteiger partial charge in [0.05, 0.1) is 18.0 Å². The molecule has 4 aromatic rings. The Labute approximate surface area is 212 Å². The molecule has 1 N–H and O–H groups in total. The van der Waals surface area contributed by atoms with Gasteiger partial charge >= 0.3 is 0 Å². The molecule has 35 heavy (non-hydrogen) atoms. The van der Waals surface area contributed by atoms with Crippen LogP contribution in [0.25, 0.3) is 5.78 Å². The molecule has 182 valence electrons. The van der Waals surface area contributed by atoms with Crippen molar-refractivity contribution in [1.29, 1.82) is 0 Å². The number of nitrogens with one attached hydrogen (secondary N) is 1. The van der Waals surface area contributed by atoms with Gasteiger partial charge in [-0.2, -0.15) is 4.98 Å². The highest BCUT2D eigenvalue weighted by Gasteiger charge is 2.23. The number of hydrogen-bond acceptors (Lipinski definition) is 6. The summed E-state index contributed by atoms with van der Waals surface area (Å²) in [5.41, 5.74) is 3.35. The second kappa shape index (κ2) is 10.6. The van der Waals surface area contributed by atoms with Gasteiger partial charge in [-0.05, 0) is 50.1 Å². The van der Waals surface area contributed by atoms with Crippen LogP contribution >= 0.6 is 23.4 Å². The molecule has 0 radical (unpaired) electrons. The maximum absolute atomic E-state index is 14.4. The molecule has 0 aliphatic heterocycles. The van der Waals surface area contributed by atoms with Crippen LogP contribution in [0.5, 0.6) is 5.75 Å². The zero-order valence-electron chi connectivity index (χ0n) is 19.8. The molecule has 2 aromatic heterocycles. The molecule has 1 atom stereocenters. The molecule has 2 aromatic carbocycles. The van der Waals surface area contributed by atoms with Crippen molar-refractivity contribution in [3.05, 3.63) is 75.8 Å². The maximum Gasteiger partial charge on any atom is 0.253 e. The van der Waals surface area contributed by atoms with Gasteiger partial charge in [0.15, 0.2) is 0 Å². The first-order chi connectivity index (χ1) is 16.8. The number of halogens is 2.